The smallest absolute Gasteiger partial charge is 0.412 e. The number of amides is 1. The Morgan fingerprint density at radius 1 is 0.931 bits per heavy atom. The molecule has 3 aromatic rings. The van der Waals surface area contributed by atoms with Crippen LogP contribution in [0.25, 0.3) is 11.5 Å². The molecule has 0 bridgehead atoms. The van der Waals surface area contributed by atoms with Crippen LogP contribution in [0, 0.1) is 0 Å². The molecule has 6 nitrogen and oxygen atoms in total. The Bertz CT molecular complexity index is 996. The number of benzene rings is 2. The van der Waals surface area contributed by atoms with E-state index < -0.39 is 11.7 Å². The molecule has 9 heteroatoms. The number of anilines is 1. The van der Waals surface area contributed by atoms with Gasteiger partial charge < -0.3 is 14.2 Å². The maximum atomic E-state index is 12.9. The normalized spacial score (nSPS) is 14.9. The second-order valence-electron chi connectivity index (χ2n) is 6.61. The lowest BCUT2D eigenvalue weighted by Crippen LogP contribution is -2.49. The third kappa shape index (κ3) is 4.08. The van der Waals surface area contributed by atoms with Crippen LogP contribution < -0.4 is 4.90 Å². The maximum Gasteiger partial charge on any atom is 0.416 e. The predicted molar refractivity (Wildman–Crippen MR) is 99.3 cm³/mol. The van der Waals surface area contributed by atoms with Gasteiger partial charge in [-0.25, -0.2) is 0 Å². The number of rotatable bonds is 3. The lowest BCUT2D eigenvalue weighted by molar-refractivity contribution is -0.137. The molecule has 0 spiro atoms. The van der Waals surface area contributed by atoms with Gasteiger partial charge in [-0.3, -0.25) is 4.79 Å². The van der Waals surface area contributed by atoms with E-state index in [4.69, 9.17) is 4.42 Å². The Hall–Kier alpha value is -3.36. The van der Waals surface area contributed by atoms with Crippen LogP contribution >= 0.6 is 0 Å². The number of alkyl halides is 3. The summed E-state index contributed by atoms with van der Waals surface area (Å²) in [7, 11) is 0. The van der Waals surface area contributed by atoms with Gasteiger partial charge in [0, 0.05) is 37.4 Å². The lowest BCUT2D eigenvalue weighted by atomic mass is 10.1. The summed E-state index contributed by atoms with van der Waals surface area (Å²) >= 11 is 0. The Kier molecular flexibility index (Phi) is 4.96. The first kappa shape index (κ1) is 19.0. The van der Waals surface area contributed by atoms with Crippen LogP contribution in [0.1, 0.15) is 16.2 Å². The summed E-state index contributed by atoms with van der Waals surface area (Å²) in [4.78, 5) is 16.0. The minimum Gasteiger partial charge on any atom is -0.412 e. The predicted octanol–water partition coefficient (Wildman–Crippen LogP) is 3.72. The van der Waals surface area contributed by atoms with Gasteiger partial charge >= 0.3 is 18.0 Å². The van der Waals surface area contributed by atoms with Gasteiger partial charge in [0.2, 0.25) is 5.89 Å². The molecule has 2 heterocycles. The molecule has 1 aliphatic heterocycles. The number of carbonyl (C=O) groups excluding carboxylic acids is 1. The van der Waals surface area contributed by atoms with Crippen molar-refractivity contribution >= 4 is 11.6 Å². The second kappa shape index (κ2) is 7.57. The molecular weight excluding hydrogens is 385 g/mol. The van der Waals surface area contributed by atoms with Crippen molar-refractivity contribution in [1.82, 2.24) is 15.1 Å². The first-order chi connectivity index (χ1) is 13.9. The third-order valence-corrected chi connectivity index (χ3v) is 4.73. The summed E-state index contributed by atoms with van der Waals surface area (Å²) in [6.07, 6.45) is -4.39. The van der Waals surface area contributed by atoms with Crippen molar-refractivity contribution in [2.75, 3.05) is 31.1 Å². The van der Waals surface area contributed by atoms with E-state index in [0.717, 1.165) is 12.1 Å². The zero-order valence-corrected chi connectivity index (χ0v) is 15.3. The minimum atomic E-state index is -4.39. The number of halogens is 3. The first-order valence-corrected chi connectivity index (χ1v) is 9.02. The van der Waals surface area contributed by atoms with Crippen LogP contribution in [0.3, 0.4) is 0 Å². The molecule has 0 radical (unpaired) electrons. The van der Waals surface area contributed by atoms with E-state index in [1.807, 2.05) is 23.1 Å². The molecule has 1 fully saturated rings. The molecule has 1 aromatic heterocycles. The summed E-state index contributed by atoms with van der Waals surface area (Å²) in [5, 5.41) is 7.75. The summed E-state index contributed by atoms with van der Waals surface area (Å²) < 4.78 is 44.3. The number of hydrogen-bond donors (Lipinski definition) is 0. The fourth-order valence-corrected chi connectivity index (χ4v) is 3.19. The van der Waals surface area contributed by atoms with E-state index in [9.17, 15) is 18.0 Å². The van der Waals surface area contributed by atoms with Crippen LogP contribution in [0.4, 0.5) is 18.9 Å². The van der Waals surface area contributed by atoms with Crippen LogP contribution in [0.2, 0.25) is 0 Å². The van der Waals surface area contributed by atoms with Crippen LogP contribution in [0.5, 0.6) is 0 Å². The van der Waals surface area contributed by atoms with E-state index in [1.54, 1.807) is 23.1 Å². The fraction of sp³-hybridized carbons (Fsp3) is 0.250. The molecule has 2 aromatic carbocycles. The Morgan fingerprint density at radius 3 is 2.34 bits per heavy atom. The molecule has 29 heavy (non-hydrogen) atoms. The van der Waals surface area contributed by atoms with Gasteiger partial charge in [-0.2, -0.15) is 13.2 Å². The minimum absolute atomic E-state index is 0.101. The van der Waals surface area contributed by atoms with Crippen LogP contribution in [-0.2, 0) is 6.18 Å². The quantitative estimate of drug-likeness (QED) is 0.668. The lowest BCUT2D eigenvalue weighted by Gasteiger charge is -2.35. The highest BCUT2D eigenvalue weighted by molar-refractivity contribution is 5.90. The van der Waals surface area contributed by atoms with Crippen molar-refractivity contribution in [3.8, 4) is 11.5 Å². The summed E-state index contributed by atoms with van der Waals surface area (Å²) in [6, 6.07) is 14.3. The van der Waals surface area contributed by atoms with Crippen molar-refractivity contribution < 1.29 is 22.4 Å². The molecule has 1 amide bonds. The Balaban J connectivity index is 1.41. The maximum absolute atomic E-state index is 12.9. The van der Waals surface area contributed by atoms with Crippen molar-refractivity contribution in [1.29, 1.82) is 0 Å². The fourth-order valence-electron chi connectivity index (χ4n) is 3.19. The van der Waals surface area contributed by atoms with Gasteiger partial charge in [-0.15, -0.1) is 10.2 Å². The van der Waals surface area contributed by atoms with Gasteiger partial charge in [0.25, 0.3) is 0 Å². The molecule has 0 saturated carbocycles. The molecule has 4 rings (SSSR count). The highest BCUT2D eigenvalue weighted by Crippen LogP contribution is 2.32. The molecule has 0 unspecified atom stereocenters. The molecule has 0 atom stereocenters. The highest BCUT2D eigenvalue weighted by atomic mass is 19.4. The monoisotopic (exact) mass is 402 g/mol. The van der Waals surface area contributed by atoms with Crippen molar-refractivity contribution in [3.05, 3.63) is 66.1 Å². The largest absolute Gasteiger partial charge is 0.416 e. The molecular formula is C20H17F3N4O2. The Labute approximate surface area is 164 Å². The molecule has 150 valence electrons. The number of aromatic nitrogens is 2. The molecule has 1 saturated heterocycles. The average molecular weight is 402 g/mol. The van der Waals surface area contributed by atoms with Gasteiger partial charge in [0.1, 0.15) is 0 Å². The van der Waals surface area contributed by atoms with Crippen LogP contribution in [0.15, 0.2) is 59.0 Å². The van der Waals surface area contributed by atoms with E-state index in [2.05, 4.69) is 10.2 Å². The third-order valence-electron chi connectivity index (χ3n) is 4.73. The van der Waals surface area contributed by atoms with Crippen molar-refractivity contribution in [2.45, 2.75) is 6.18 Å². The number of nitrogens with zero attached hydrogens (tertiary/aromatic N) is 4. The zero-order chi connectivity index (χ0) is 20.4. The zero-order valence-electron chi connectivity index (χ0n) is 15.3. The number of carbonyl (C=O) groups is 1. The summed E-state index contributed by atoms with van der Waals surface area (Å²) in [5.74, 6) is -0.226. The summed E-state index contributed by atoms with van der Waals surface area (Å²) in [6.45, 7) is 1.51. The number of hydrogen-bond acceptors (Lipinski definition) is 5. The van der Waals surface area contributed by atoms with Crippen LogP contribution in [-0.4, -0.2) is 47.2 Å². The topological polar surface area (TPSA) is 62.5 Å². The van der Waals surface area contributed by atoms with Gasteiger partial charge in [-0.05, 0) is 30.3 Å². The van der Waals surface area contributed by atoms with Gasteiger partial charge in [0.15, 0.2) is 0 Å². The van der Waals surface area contributed by atoms with Crippen molar-refractivity contribution in [3.63, 3.8) is 0 Å². The molecule has 1 aliphatic rings. The Morgan fingerprint density at radius 2 is 1.66 bits per heavy atom. The highest BCUT2D eigenvalue weighted by Gasteiger charge is 2.31. The molecule has 0 aliphatic carbocycles. The van der Waals surface area contributed by atoms with E-state index >= 15 is 0 Å². The average Bonchev–Trinajstić information content (AvgIpc) is 3.24. The second-order valence-corrected chi connectivity index (χ2v) is 6.61. The van der Waals surface area contributed by atoms with E-state index in [1.165, 1.54) is 6.07 Å². The first-order valence-electron chi connectivity index (χ1n) is 9.02. The van der Waals surface area contributed by atoms with Gasteiger partial charge in [0.05, 0.1) is 5.56 Å². The summed E-state index contributed by atoms with van der Waals surface area (Å²) in [5.41, 5.74) is 0.511. The molecule has 0 N–H and O–H groups in total. The SMILES string of the molecule is O=C(c1nnc(-c2ccccc2)o1)N1CCN(c2cccc(C(F)(F)F)c2)CC1. The van der Waals surface area contributed by atoms with E-state index in [-0.39, 0.29) is 17.7 Å². The van der Waals surface area contributed by atoms with Crippen molar-refractivity contribution in [2.24, 2.45) is 0 Å². The van der Waals surface area contributed by atoms with E-state index in [0.29, 0.717) is 37.4 Å². The number of piperazine rings is 1. The van der Waals surface area contributed by atoms with Gasteiger partial charge in [-0.1, -0.05) is 24.3 Å². The standard InChI is InChI=1S/C20H17F3N4O2/c21-20(22,23)15-7-4-8-16(13-15)26-9-11-27(12-10-26)19(28)18-25-24-17(29-18)14-5-2-1-3-6-14/h1-8,13H,9-12H2.